The van der Waals surface area contributed by atoms with Crippen LogP contribution in [0.2, 0.25) is 0 Å². The first-order valence-corrected chi connectivity index (χ1v) is 10.7. The number of benzene rings is 3. The minimum Gasteiger partial charge on any atom is -0.378 e. The van der Waals surface area contributed by atoms with Gasteiger partial charge >= 0.3 is 10.1 Å². The minimum absolute atomic E-state index is 0.146. The van der Waals surface area contributed by atoms with Gasteiger partial charge in [0.1, 0.15) is 4.90 Å². The highest BCUT2D eigenvalue weighted by molar-refractivity contribution is 7.87. The molecule has 0 saturated carbocycles. The third-order valence-electron chi connectivity index (χ3n) is 4.64. The molecule has 0 spiro atoms. The average molecular weight is 393 g/mol. The van der Waals surface area contributed by atoms with Crippen molar-refractivity contribution in [3.63, 3.8) is 0 Å². The third kappa shape index (κ3) is 4.34. The summed E-state index contributed by atoms with van der Waals surface area (Å²) in [6, 6.07) is 24.1. The Morgan fingerprint density at radius 1 is 0.821 bits per heavy atom. The average Bonchev–Trinajstić information content (AvgIpc) is 2.69. The second-order valence-electron chi connectivity index (χ2n) is 6.69. The van der Waals surface area contributed by atoms with Crippen LogP contribution in [0.25, 0.3) is 11.3 Å². The smallest absolute Gasteiger partial charge is 0.339 e. The van der Waals surface area contributed by atoms with E-state index in [2.05, 4.69) is 0 Å². The SMILES string of the molecule is CC/C(=C(\OS(=O)(=O)c1ccc(C)cc1)c1ccccc1C)c1ccccc1. The maximum Gasteiger partial charge on any atom is 0.339 e. The number of rotatable bonds is 6. The van der Waals surface area contributed by atoms with E-state index in [0.717, 1.165) is 27.8 Å². The Morgan fingerprint density at radius 3 is 2.04 bits per heavy atom. The van der Waals surface area contributed by atoms with Crippen LogP contribution in [0.3, 0.4) is 0 Å². The van der Waals surface area contributed by atoms with Crippen LogP contribution in [0.15, 0.2) is 83.8 Å². The van der Waals surface area contributed by atoms with E-state index >= 15 is 0 Å². The Labute approximate surface area is 167 Å². The Morgan fingerprint density at radius 2 is 1.43 bits per heavy atom. The van der Waals surface area contributed by atoms with Gasteiger partial charge in [0.25, 0.3) is 0 Å². The lowest BCUT2D eigenvalue weighted by molar-refractivity contribution is 0.463. The summed E-state index contributed by atoms with van der Waals surface area (Å²) in [5, 5.41) is 0. The molecule has 0 radical (unpaired) electrons. The van der Waals surface area contributed by atoms with Gasteiger partial charge in [0.2, 0.25) is 0 Å². The van der Waals surface area contributed by atoms with Crippen LogP contribution in [0.4, 0.5) is 0 Å². The predicted octanol–water partition coefficient (Wildman–Crippen LogP) is 5.99. The van der Waals surface area contributed by atoms with Crippen LogP contribution >= 0.6 is 0 Å². The summed E-state index contributed by atoms with van der Waals surface area (Å²) in [7, 11) is -3.96. The van der Waals surface area contributed by atoms with Crippen molar-refractivity contribution >= 4 is 21.5 Å². The van der Waals surface area contributed by atoms with Crippen molar-refractivity contribution in [3.8, 4) is 0 Å². The standard InChI is InChI=1S/C24H24O3S/c1-4-22(20-11-6-5-7-12-20)24(23-13-9-8-10-19(23)3)27-28(25,26)21-16-14-18(2)15-17-21/h5-17H,4H2,1-3H3/b24-22+. The maximum absolute atomic E-state index is 13.0. The van der Waals surface area contributed by atoms with Gasteiger partial charge < -0.3 is 4.18 Å². The second-order valence-corrected chi connectivity index (χ2v) is 8.24. The van der Waals surface area contributed by atoms with E-state index in [1.807, 2.05) is 75.4 Å². The highest BCUT2D eigenvalue weighted by atomic mass is 32.2. The molecule has 0 aromatic heterocycles. The fraction of sp³-hybridized carbons (Fsp3) is 0.167. The van der Waals surface area contributed by atoms with Crippen molar-refractivity contribution in [2.45, 2.75) is 32.1 Å². The molecule has 0 aliphatic heterocycles. The van der Waals surface area contributed by atoms with E-state index in [-0.39, 0.29) is 4.90 Å². The van der Waals surface area contributed by atoms with Gasteiger partial charge in [-0.15, -0.1) is 0 Å². The summed E-state index contributed by atoms with van der Waals surface area (Å²) in [5.41, 5.74) is 4.53. The van der Waals surface area contributed by atoms with E-state index < -0.39 is 10.1 Å². The van der Waals surface area contributed by atoms with Gasteiger partial charge in [-0.1, -0.05) is 79.2 Å². The van der Waals surface area contributed by atoms with Gasteiger partial charge in [0.15, 0.2) is 5.76 Å². The van der Waals surface area contributed by atoms with E-state index in [9.17, 15) is 8.42 Å². The Balaban J connectivity index is 2.18. The number of hydrogen-bond donors (Lipinski definition) is 0. The van der Waals surface area contributed by atoms with Crippen LogP contribution in [-0.4, -0.2) is 8.42 Å². The van der Waals surface area contributed by atoms with E-state index in [0.29, 0.717) is 12.2 Å². The van der Waals surface area contributed by atoms with Crippen molar-refractivity contribution in [1.82, 2.24) is 0 Å². The van der Waals surface area contributed by atoms with Gasteiger partial charge in [-0.05, 0) is 43.5 Å². The van der Waals surface area contributed by atoms with Gasteiger partial charge in [0, 0.05) is 11.1 Å². The van der Waals surface area contributed by atoms with Crippen molar-refractivity contribution in [3.05, 3.63) is 101 Å². The van der Waals surface area contributed by atoms with Crippen LogP contribution in [0.1, 0.15) is 35.6 Å². The fourth-order valence-corrected chi connectivity index (χ4v) is 4.06. The van der Waals surface area contributed by atoms with Crippen molar-refractivity contribution in [2.24, 2.45) is 0 Å². The van der Waals surface area contributed by atoms with Crippen LogP contribution in [0, 0.1) is 13.8 Å². The molecular weight excluding hydrogens is 368 g/mol. The zero-order valence-corrected chi connectivity index (χ0v) is 17.2. The summed E-state index contributed by atoms with van der Waals surface area (Å²) < 4.78 is 31.9. The molecule has 0 heterocycles. The van der Waals surface area contributed by atoms with E-state index in [4.69, 9.17) is 4.18 Å². The Kier molecular flexibility index (Phi) is 6.00. The molecule has 0 saturated heterocycles. The molecule has 3 aromatic rings. The number of aryl methyl sites for hydroxylation is 2. The third-order valence-corrected chi connectivity index (χ3v) is 5.88. The molecule has 3 aromatic carbocycles. The lowest BCUT2D eigenvalue weighted by Crippen LogP contribution is -2.08. The predicted molar refractivity (Wildman–Crippen MR) is 114 cm³/mol. The lowest BCUT2D eigenvalue weighted by atomic mass is 9.97. The van der Waals surface area contributed by atoms with Crippen molar-refractivity contribution in [1.29, 1.82) is 0 Å². The molecule has 3 rings (SSSR count). The van der Waals surface area contributed by atoms with Crippen molar-refractivity contribution < 1.29 is 12.6 Å². The zero-order chi connectivity index (χ0) is 20.1. The fourth-order valence-electron chi connectivity index (χ4n) is 3.08. The van der Waals surface area contributed by atoms with E-state index in [1.54, 1.807) is 24.3 Å². The zero-order valence-electron chi connectivity index (χ0n) is 16.3. The van der Waals surface area contributed by atoms with Gasteiger partial charge in [-0.3, -0.25) is 0 Å². The van der Waals surface area contributed by atoms with Crippen LogP contribution < -0.4 is 0 Å². The monoisotopic (exact) mass is 392 g/mol. The molecule has 0 unspecified atom stereocenters. The number of allylic oxidation sites excluding steroid dienone is 1. The normalized spacial score (nSPS) is 12.4. The minimum atomic E-state index is -3.96. The molecule has 144 valence electrons. The van der Waals surface area contributed by atoms with Gasteiger partial charge in [-0.2, -0.15) is 8.42 Å². The van der Waals surface area contributed by atoms with Crippen LogP contribution in [0.5, 0.6) is 0 Å². The summed E-state index contributed by atoms with van der Waals surface area (Å²) in [5.74, 6) is 0.382. The first-order chi connectivity index (χ1) is 13.4. The quantitative estimate of drug-likeness (QED) is 0.294. The van der Waals surface area contributed by atoms with Crippen LogP contribution in [-0.2, 0) is 14.3 Å². The first-order valence-electron chi connectivity index (χ1n) is 9.28. The Bertz CT molecular complexity index is 1080. The molecule has 28 heavy (non-hydrogen) atoms. The highest BCUT2D eigenvalue weighted by Crippen LogP contribution is 2.34. The molecule has 0 amide bonds. The molecule has 0 fully saturated rings. The van der Waals surface area contributed by atoms with Crippen molar-refractivity contribution in [2.75, 3.05) is 0 Å². The number of hydrogen-bond acceptors (Lipinski definition) is 3. The maximum atomic E-state index is 13.0. The summed E-state index contributed by atoms with van der Waals surface area (Å²) in [4.78, 5) is 0.146. The summed E-state index contributed by atoms with van der Waals surface area (Å²) in [6.45, 7) is 5.87. The second kappa shape index (κ2) is 8.44. The molecule has 3 nitrogen and oxygen atoms in total. The topological polar surface area (TPSA) is 43.4 Å². The molecule has 0 N–H and O–H groups in total. The Hall–Kier alpha value is -2.85. The lowest BCUT2D eigenvalue weighted by Gasteiger charge is -2.18. The molecule has 0 aliphatic carbocycles. The largest absolute Gasteiger partial charge is 0.378 e. The van der Waals surface area contributed by atoms with E-state index in [1.165, 1.54) is 0 Å². The first kappa shape index (κ1) is 19.9. The molecule has 0 atom stereocenters. The highest BCUT2D eigenvalue weighted by Gasteiger charge is 2.23. The van der Waals surface area contributed by atoms with Gasteiger partial charge in [0.05, 0.1) is 0 Å². The summed E-state index contributed by atoms with van der Waals surface area (Å²) in [6.07, 6.45) is 0.636. The molecule has 0 aliphatic rings. The molecule has 4 heteroatoms. The molecular formula is C24H24O3S. The van der Waals surface area contributed by atoms with Gasteiger partial charge in [-0.25, -0.2) is 0 Å². The molecule has 0 bridgehead atoms. The summed E-state index contributed by atoms with van der Waals surface area (Å²) >= 11 is 0.